The average molecular weight is 159 g/mol. The quantitative estimate of drug-likeness (QED) is 0.634. The summed E-state index contributed by atoms with van der Waals surface area (Å²) in [5, 5.41) is 8.47. The van der Waals surface area contributed by atoms with E-state index in [2.05, 4.69) is 6.92 Å². The van der Waals surface area contributed by atoms with Crippen LogP contribution in [0.15, 0.2) is 0 Å². The van der Waals surface area contributed by atoms with Crippen molar-refractivity contribution >= 4 is 5.97 Å². The highest BCUT2D eigenvalue weighted by Gasteiger charge is 2.14. The molecule has 0 fully saturated rings. The fourth-order valence-corrected chi connectivity index (χ4v) is 1.14. The van der Waals surface area contributed by atoms with E-state index in [0.717, 1.165) is 12.8 Å². The first-order valence-electron chi connectivity index (χ1n) is 4.06. The molecule has 0 aliphatic heterocycles. The Kier molecular flexibility index (Phi) is 4.86. The molecule has 0 aliphatic rings. The van der Waals surface area contributed by atoms with E-state index in [1.807, 2.05) is 6.92 Å². The number of nitrogens with two attached hydrogens (primary N) is 1. The predicted molar refractivity (Wildman–Crippen MR) is 44.3 cm³/mol. The van der Waals surface area contributed by atoms with Crippen molar-refractivity contribution in [3.8, 4) is 0 Å². The molecule has 66 valence electrons. The lowest BCUT2D eigenvalue weighted by Crippen LogP contribution is -2.31. The summed E-state index contributed by atoms with van der Waals surface area (Å²) in [6, 6.07) is -0.684. The van der Waals surface area contributed by atoms with Crippen molar-refractivity contribution in [2.45, 2.75) is 39.2 Å². The number of hydrogen-bond donors (Lipinski definition) is 2. The first-order chi connectivity index (χ1) is 5.07. The zero-order valence-corrected chi connectivity index (χ0v) is 7.21. The van der Waals surface area contributed by atoms with Crippen molar-refractivity contribution in [3.05, 3.63) is 0 Å². The third-order valence-electron chi connectivity index (χ3n) is 1.75. The number of carboxylic acids is 1. The van der Waals surface area contributed by atoms with Gasteiger partial charge in [-0.2, -0.15) is 0 Å². The average Bonchev–Trinajstić information content (AvgIpc) is 1.87. The van der Waals surface area contributed by atoms with Crippen LogP contribution >= 0.6 is 0 Å². The lowest BCUT2D eigenvalue weighted by molar-refractivity contribution is -0.138. The Morgan fingerprint density at radius 3 is 2.55 bits per heavy atom. The minimum absolute atomic E-state index is 0.422. The number of carbonyl (C=O) groups is 1. The van der Waals surface area contributed by atoms with Gasteiger partial charge in [-0.3, -0.25) is 4.79 Å². The lowest BCUT2D eigenvalue weighted by atomic mass is 9.98. The van der Waals surface area contributed by atoms with E-state index < -0.39 is 12.0 Å². The Labute approximate surface area is 67.6 Å². The smallest absolute Gasteiger partial charge is 0.320 e. The number of carboxylic acid groups (broad SMARTS) is 1. The minimum Gasteiger partial charge on any atom is -0.480 e. The van der Waals surface area contributed by atoms with E-state index in [1.54, 1.807) is 0 Å². The second kappa shape index (κ2) is 5.13. The lowest BCUT2D eigenvalue weighted by Gasteiger charge is -2.12. The molecule has 0 radical (unpaired) electrons. The fraction of sp³-hybridized carbons (Fsp3) is 0.875. The maximum Gasteiger partial charge on any atom is 0.320 e. The summed E-state index contributed by atoms with van der Waals surface area (Å²) in [6.45, 7) is 4.12. The third-order valence-corrected chi connectivity index (χ3v) is 1.75. The molecule has 3 N–H and O–H groups in total. The molecular weight excluding hydrogens is 142 g/mol. The van der Waals surface area contributed by atoms with Gasteiger partial charge in [-0.05, 0) is 12.3 Å². The van der Waals surface area contributed by atoms with E-state index in [-0.39, 0.29) is 0 Å². The van der Waals surface area contributed by atoms with E-state index in [1.165, 1.54) is 0 Å². The molecule has 0 aromatic carbocycles. The molecule has 0 rings (SSSR count). The van der Waals surface area contributed by atoms with Crippen LogP contribution in [0.4, 0.5) is 0 Å². The van der Waals surface area contributed by atoms with Crippen LogP contribution in [-0.2, 0) is 4.79 Å². The van der Waals surface area contributed by atoms with Crippen molar-refractivity contribution < 1.29 is 9.90 Å². The van der Waals surface area contributed by atoms with Crippen molar-refractivity contribution in [1.29, 1.82) is 0 Å². The van der Waals surface area contributed by atoms with Crippen molar-refractivity contribution in [2.24, 2.45) is 11.7 Å². The van der Waals surface area contributed by atoms with Crippen molar-refractivity contribution in [3.63, 3.8) is 0 Å². The molecule has 0 aromatic rings. The van der Waals surface area contributed by atoms with Gasteiger partial charge in [0.1, 0.15) is 6.04 Å². The second-order valence-corrected chi connectivity index (χ2v) is 3.07. The summed E-state index contributed by atoms with van der Waals surface area (Å²) in [7, 11) is 0. The largest absolute Gasteiger partial charge is 0.480 e. The van der Waals surface area contributed by atoms with Gasteiger partial charge < -0.3 is 10.8 Å². The first-order valence-corrected chi connectivity index (χ1v) is 4.06. The number of aliphatic carboxylic acids is 1. The molecule has 3 nitrogen and oxygen atoms in total. The molecule has 0 heterocycles. The summed E-state index contributed by atoms with van der Waals surface area (Å²) in [5.41, 5.74) is 5.35. The van der Waals surface area contributed by atoms with Crippen molar-refractivity contribution in [1.82, 2.24) is 0 Å². The summed E-state index contributed by atoms with van der Waals surface area (Å²) in [4.78, 5) is 10.3. The van der Waals surface area contributed by atoms with Gasteiger partial charge >= 0.3 is 5.97 Å². The maximum absolute atomic E-state index is 10.3. The summed E-state index contributed by atoms with van der Waals surface area (Å²) < 4.78 is 0. The Balaban J connectivity index is 3.56. The molecule has 0 amide bonds. The molecule has 2 atom stereocenters. The monoisotopic (exact) mass is 159 g/mol. The van der Waals surface area contributed by atoms with E-state index in [4.69, 9.17) is 10.8 Å². The summed E-state index contributed by atoms with van der Waals surface area (Å²) in [6.07, 6.45) is 2.73. The van der Waals surface area contributed by atoms with E-state index in [0.29, 0.717) is 12.3 Å². The predicted octanol–water partition coefficient (Wildman–Crippen LogP) is 1.22. The van der Waals surface area contributed by atoms with Gasteiger partial charge in [0.05, 0.1) is 0 Å². The van der Waals surface area contributed by atoms with Crippen LogP contribution in [0.1, 0.15) is 33.1 Å². The molecule has 0 bridgehead atoms. The first kappa shape index (κ1) is 10.4. The number of rotatable bonds is 5. The van der Waals surface area contributed by atoms with Gasteiger partial charge in [-0.25, -0.2) is 0 Å². The zero-order valence-electron chi connectivity index (χ0n) is 7.21. The van der Waals surface area contributed by atoms with Crippen LogP contribution in [0, 0.1) is 5.92 Å². The Morgan fingerprint density at radius 2 is 2.18 bits per heavy atom. The van der Waals surface area contributed by atoms with Crippen LogP contribution in [0.25, 0.3) is 0 Å². The van der Waals surface area contributed by atoms with Gasteiger partial charge in [0.2, 0.25) is 0 Å². The van der Waals surface area contributed by atoms with Crippen LogP contribution < -0.4 is 5.73 Å². The molecule has 0 aliphatic carbocycles. The standard InChI is InChI=1S/C8H17NO2/c1-3-4-6(2)5-7(9)8(10)11/h6-7H,3-5,9H2,1-2H3,(H,10,11)/t6?,7-/m0/s1. The number of hydrogen-bond acceptors (Lipinski definition) is 2. The second-order valence-electron chi connectivity index (χ2n) is 3.07. The van der Waals surface area contributed by atoms with Gasteiger partial charge in [-0.15, -0.1) is 0 Å². The summed E-state index contributed by atoms with van der Waals surface area (Å²) >= 11 is 0. The van der Waals surface area contributed by atoms with Crippen LogP contribution in [0.3, 0.4) is 0 Å². The molecule has 1 unspecified atom stereocenters. The Hall–Kier alpha value is -0.570. The van der Waals surface area contributed by atoms with E-state index in [9.17, 15) is 4.79 Å². The van der Waals surface area contributed by atoms with Crippen LogP contribution in [0.2, 0.25) is 0 Å². The fourth-order valence-electron chi connectivity index (χ4n) is 1.14. The highest BCUT2D eigenvalue weighted by molar-refractivity contribution is 5.72. The van der Waals surface area contributed by atoms with E-state index >= 15 is 0 Å². The van der Waals surface area contributed by atoms with Crippen molar-refractivity contribution in [2.75, 3.05) is 0 Å². The maximum atomic E-state index is 10.3. The SMILES string of the molecule is CCCC(C)C[C@H](N)C(=O)O. The minimum atomic E-state index is -0.895. The molecule has 0 spiro atoms. The van der Waals surface area contributed by atoms with Gasteiger partial charge in [0.15, 0.2) is 0 Å². The van der Waals surface area contributed by atoms with Gasteiger partial charge in [0.25, 0.3) is 0 Å². The molecule has 3 heteroatoms. The van der Waals surface area contributed by atoms with Gasteiger partial charge in [-0.1, -0.05) is 26.7 Å². The molecule has 0 saturated heterocycles. The Bertz CT molecular complexity index is 125. The molecule has 11 heavy (non-hydrogen) atoms. The zero-order chi connectivity index (χ0) is 8.85. The Morgan fingerprint density at radius 1 is 1.64 bits per heavy atom. The topological polar surface area (TPSA) is 63.3 Å². The molecule has 0 aromatic heterocycles. The van der Waals surface area contributed by atoms with Gasteiger partial charge in [0, 0.05) is 0 Å². The molecule has 0 saturated carbocycles. The normalized spacial score (nSPS) is 15.9. The van der Waals surface area contributed by atoms with Crippen LogP contribution in [-0.4, -0.2) is 17.1 Å². The van der Waals surface area contributed by atoms with Crippen LogP contribution in [0.5, 0.6) is 0 Å². The highest BCUT2D eigenvalue weighted by atomic mass is 16.4. The highest BCUT2D eigenvalue weighted by Crippen LogP contribution is 2.11. The molecular formula is C8H17NO2. The summed E-state index contributed by atoms with van der Waals surface area (Å²) in [5.74, 6) is -0.473. The third kappa shape index (κ3) is 4.79.